The van der Waals surface area contributed by atoms with Crippen LogP contribution in [0.5, 0.6) is 0 Å². The summed E-state index contributed by atoms with van der Waals surface area (Å²) in [5.74, 6) is -0.0432. The minimum atomic E-state index is -0.0432. The lowest BCUT2D eigenvalue weighted by Gasteiger charge is -2.05. The lowest BCUT2D eigenvalue weighted by molar-refractivity contribution is 0.0909. The highest BCUT2D eigenvalue weighted by molar-refractivity contribution is 5.91. The molecule has 160 valence electrons. The molecule has 32 heavy (non-hydrogen) atoms. The highest BCUT2D eigenvalue weighted by atomic mass is 16.2. The van der Waals surface area contributed by atoms with Crippen LogP contribution in [-0.4, -0.2) is 32.0 Å². The Labute approximate surface area is 187 Å². The van der Waals surface area contributed by atoms with Gasteiger partial charge in [0, 0.05) is 17.5 Å². The highest BCUT2D eigenvalue weighted by Crippen LogP contribution is 2.20. The van der Waals surface area contributed by atoms with Gasteiger partial charge in [0.1, 0.15) is 0 Å². The summed E-state index contributed by atoms with van der Waals surface area (Å²) in [5, 5.41) is 0. The summed E-state index contributed by atoms with van der Waals surface area (Å²) in [5.41, 5.74) is 11.7. The first-order chi connectivity index (χ1) is 16.1. The highest BCUT2D eigenvalue weighted by Gasteiger charge is 2.11. The molecule has 0 saturated carbocycles. The van der Waals surface area contributed by atoms with Gasteiger partial charge in [0.05, 0.1) is 35.2 Å². The molecule has 0 aliphatic carbocycles. The molecular weight excluding hydrogens is 398 g/mol. The van der Waals surface area contributed by atoms with Crippen LogP contribution in [0.3, 0.4) is 0 Å². The van der Waals surface area contributed by atoms with Crippen molar-refractivity contribution in [2.24, 2.45) is 5.73 Å². The second-order valence-corrected chi connectivity index (χ2v) is 7.96. The Balaban J connectivity index is 1.74. The third-order valence-corrected chi connectivity index (χ3v) is 5.50. The van der Waals surface area contributed by atoms with Gasteiger partial charge in [-0.05, 0) is 92.2 Å². The van der Waals surface area contributed by atoms with Crippen molar-refractivity contribution in [2.75, 3.05) is 6.54 Å². The number of fused-ring (bicyclic) bond motifs is 8. The molecule has 0 fully saturated rings. The molecule has 2 aliphatic heterocycles. The van der Waals surface area contributed by atoms with Crippen LogP contribution in [0.25, 0.3) is 46.4 Å². The number of unbranched alkanes of at least 4 members (excludes halogenated alkanes) is 2. The quantitative estimate of drug-likeness (QED) is 0.375. The number of hydrogen-bond acceptors (Lipinski definition) is 4. The summed E-state index contributed by atoms with van der Waals surface area (Å²) in [6, 6.07) is 13.6. The summed E-state index contributed by atoms with van der Waals surface area (Å²) in [7, 11) is 0. The van der Waals surface area contributed by atoms with Gasteiger partial charge in [0.2, 0.25) is 5.91 Å². The van der Waals surface area contributed by atoms with Crippen LogP contribution in [0.15, 0.2) is 48.5 Å². The molecule has 2 aliphatic rings. The Morgan fingerprint density at radius 2 is 1.44 bits per heavy atom. The fraction of sp³-hybridized carbons (Fsp3) is 0.192. The van der Waals surface area contributed by atoms with Crippen molar-refractivity contribution in [2.45, 2.75) is 25.7 Å². The van der Waals surface area contributed by atoms with E-state index >= 15 is 0 Å². The molecule has 3 N–H and O–H groups in total. The second-order valence-electron chi connectivity index (χ2n) is 7.96. The topological polar surface area (TPSA) is 89.6 Å². The average molecular weight is 425 g/mol. The average Bonchev–Trinajstić information content (AvgIpc) is 3.57. The van der Waals surface area contributed by atoms with Crippen molar-refractivity contribution in [1.29, 1.82) is 0 Å². The summed E-state index contributed by atoms with van der Waals surface area (Å²) in [6.07, 6.45) is 10.6. The molecule has 0 saturated heterocycles. The third-order valence-electron chi connectivity index (χ3n) is 5.50. The molecule has 0 unspecified atom stereocenters. The largest absolute Gasteiger partial charge is 0.355 e. The predicted molar refractivity (Wildman–Crippen MR) is 131 cm³/mol. The van der Waals surface area contributed by atoms with E-state index in [1.54, 1.807) is 16.7 Å². The Morgan fingerprint density at radius 3 is 2.06 bits per heavy atom. The summed E-state index contributed by atoms with van der Waals surface area (Å²) in [4.78, 5) is 25.9. The first kappa shape index (κ1) is 19.0. The first-order valence-electron chi connectivity index (χ1n) is 11.4. The van der Waals surface area contributed by atoms with Gasteiger partial charge in [-0.3, -0.25) is 9.36 Å². The Kier molecular flexibility index (Phi) is 5.19. The molecule has 0 radical (unpaired) electrons. The van der Waals surface area contributed by atoms with Crippen molar-refractivity contribution >= 4 is 52.3 Å². The van der Waals surface area contributed by atoms with Crippen molar-refractivity contribution in [3.63, 3.8) is 0 Å². The standard InChI is InChI=1S/C26H25N5O/c27-13-3-1-2-4-26(32)31-24-11-12-25(31)17-23-10-8-21(30-23)15-19-6-5-18(28-19)14-20-7-9-22(16-24)29-20/h5-12,14-17,28H,1-4,13,27H2/i11D. The Morgan fingerprint density at radius 1 is 0.844 bits per heavy atom. The van der Waals surface area contributed by atoms with E-state index < -0.39 is 0 Å². The number of nitrogens with two attached hydrogens (primary N) is 1. The van der Waals surface area contributed by atoms with E-state index in [1.807, 2.05) is 54.6 Å². The van der Waals surface area contributed by atoms with E-state index in [-0.39, 0.29) is 11.9 Å². The third kappa shape index (κ3) is 4.31. The summed E-state index contributed by atoms with van der Waals surface area (Å²) in [6.45, 7) is 0.625. The van der Waals surface area contributed by atoms with Crippen LogP contribution in [0.2, 0.25) is 0 Å². The van der Waals surface area contributed by atoms with Gasteiger partial charge < -0.3 is 10.7 Å². The Hall–Kier alpha value is -3.77. The Bertz CT molecular complexity index is 1440. The molecule has 0 amide bonds. The summed E-state index contributed by atoms with van der Waals surface area (Å²) < 4.78 is 10.2. The number of carbonyl (C=O) groups excluding carboxylic acids is 1. The number of H-pyrrole nitrogens is 1. The predicted octanol–water partition coefficient (Wildman–Crippen LogP) is 5.29. The van der Waals surface area contributed by atoms with E-state index in [0.29, 0.717) is 29.7 Å². The maximum absolute atomic E-state index is 13.2. The minimum Gasteiger partial charge on any atom is -0.355 e. The number of aromatic amines is 1. The van der Waals surface area contributed by atoms with E-state index in [0.717, 1.165) is 47.4 Å². The molecular formula is C26H25N5O. The zero-order valence-electron chi connectivity index (χ0n) is 18.7. The van der Waals surface area contributed by atoms with Gasteiger partial charge >= 0.3 is 0 Å². The van der Waals surface area contributed by atoms with E-state index in [4.69, 9.17) is 7.10 Å². The number of aromatic nitrogens is 4. The zero-order valence-corrected chi connectivity index (χ0v) is 17.7. The van der Waals surface area contributed by atoms with Gasteiger partial charge in [0.15, 0.2) is 0 Å². The number of nitrogens with one attached hydrogen (secondary N) is 1. The zero-order chi connectivity index (χ0) is 22.8. The van der Waals surface area contributed by atoms with Gasteiger partial charge in [-0.25, -0.2) is 9.97 Å². The van der Waals surface area contributed by atoms with Gasteiger partial charge in [-0.1, -0.05) is 6.42 Å². The van der Waals surface area contributed by atoms with E-state index in [2.05, 4.69) is 15.0 Å². The van der Waals surface area contributed by atoms with Crippen molar-refractivity contribution in [1.82, 2.24) is 19.5 Å². The molecule has 6 nitrogen and oxygen atoms in total. The molecule has 5 rings (SSSR count). The van der Waals surface area contributed by atoms with E-state index in [1.165, 1.54) is 0 Å². The van der Waals surface area contributed by atoms with Gasteiger partial charge in [0.25, 0.3) is 0 Å². The van der Waals surface area contributed by atoms with Crippen LogP contribution in [-0.2, 0) is 0 Å². The smallest absolute Gasteiger partial charge is 0.231 e. The van der Waals surface area contributed by atoms with Crippen molar-refractivity contribution in [3.8, 4) is 0 Å². The number of rotatable bonds is 5. The van der Waals surface area contributed by atoms with Crippen molar-refractivity contribution in [3.05, 3.63) is 71.3 Å². The SMILES string of the molecule is [2H]c1cc2cc3nc(cc4ccc(cc5nc(cc1n2C(=O)CCCCCN)C=C5)[nH]4)C=C3. The molecule has 8 bridgehead atoms. The molecule has 0 spiro atoms. The van der Waals surface area contributed by atoms with Crippen LogP contribution >= 0.6 is 0 Å². The molecule has 5 heterocycles. The van der Waals surface area contributed by atoms with Crippen LogP contribution in [0, 0.1) is 0 Å². The van der Waals surface area contributed by atoms with Crippen LogP contribution < -0.4 is 5.73 Å². The summed E-state index contributed by atoms with van der Waals surface area (Å²) >= 11 is 0. The monoisotopic (exact) mass is 424 g/mol. The van der Waals surface area contributed by atoms with Crippen molar-refractivity contribution < 1.29 is 6.17 Å². The lowest BCUT2D eigenvalue weighted by Crippen LogP contribution is -2.10. The molecule has 3 aromatic heterocycles. The normalized spacial score (nSPS) is 12.8. The van der Waals surface area contributed by atoms with Crippen LogP contribution in [0.1, 0.15) is 54.6 Å². The fourth-order valence-corrected chi connectivity index (χ4v) is 3.93. The number of hydrogen-bond donors (Lipinski definition) is 2. The van der Waals surface area contributed by atoms with E-state index in [9.17, 15) is 4.79 Å². The lowest BCUT2D eigenvalue weighted by atomic mass is 10.2. The molecule has 3 aromatic rings. The second kappa shape index (κ2) is 8.77. The first-order valence-corrected chi connectivity index (χ1v) is 10.9. The van der Waals surface area contributed by atoms with Crippen LogP contribution in [0.4, 0.5) is 0 Å². The van der Waals surface area contributed by atoms with Gasteiger partial charge in [-0.2, -0.15) is 0 Å². The minimum absolute atomic E-state index is 0.0432. The number of carbonyl (C=O) groups is 1. The molecule has 6 heteroatoms. The maximum Gasteiger partial charge on any atom is 0.231 e. The fourth-order valence-electron chi connectivity index (χ4n) is 3.93. The number of nitrogens with zero attached hydrogens (tertiary/aromatic N) is 3. The maximum atomic E-state index is 13.2. The molecule has 0 atom stereocenters. The van der Waals surface area contributed by atoms with Gasteiger partial charge in [-0.15, -0.1) is 0 Å². The molecule has 0 aromatic carbocycles.